The van der Waals surface area contributed by atoms with E-state index >= 15 is 0 Å². The van der Waals surface area contributed by atoms with Crippen molar-refractivity contribution < 1.29 is 0 Å². The van der Waals surface area contributed by atoms with Gasteiger partial charge < -0.3 is 4.98 Å². The highest BCUT2D eigenvalue weighted by molar-refractivity contribution is 6.35. The van der Waals surface area contributed by atoms with Crippen molar-refractivity contribution in [3.05, 3.63) is 55.4 Å². The monoisotopic (exact) mass is 350 g/mol. The Bertz CT molecular complexity index is 796. The molecule has 0 spiro atoms. The predicted octanol–water partition coefficient (Wildman–Crippen LogP) is 2.91. The van der Waals surface area contributed by atoms with E-state index in [9.17, 15) is 4.79 Å². The molecular formula is C16H16Cl2N4O. The molecule has 23 heavy (non-hydrogen) atoms. The molecule has 1 saturated carbocycles. The van der Waals surface area contributed by atoms with Crippen LogP contribution in [0.5, 0.6) is 0 Å². The minimum absolute atomic E-state index is 0.00600. The highest BCUT2D eigenvalue weighted by Crippen LogP contribution is 2.38. The maximum Gasteiger partial charge on any atom is 0.255 e. The first-order valence-electron chi connectivity index (χ1n) is 7.74. The third-order valence-electron chi connectivity index (χ3n) is 4.46. The van der Waals surface area contributed by atoms with Crippen LogP contribution in [0.4, 0.5) is 0 Å². The van der Waals surface area contributed by atoms with Crippen LogP contribution in [0.2, 0.25) is 10.0 Å². The number of halogens is 2. The lowest BCUT2D eigenvalue weighted by molar-refractivity contribution is 0.241. The molecule has 0 bridgehead atoms. The first kappa shape index (κ1) is 15.1. The quantitative estimate of drug-likeness (QED) is 0.924. The first-order chi connectivity index (χ1) is 11.1. The Morgan fingerprint density at radius 2 is 2.00 bits per heavy atom. The van der Waals surface area contributed by atoms with Gasteiger partial charge in [-0.2, -0.15) is 0 Å². The Morgan fingerprint density at radius 1 is 1.26 bits per heavy atom. The summed E-state index contributed by atoms with van der Waals surface area (Å²) in [4.78, 5) is 26.1. The maximum absolute atomic E-state index is 12.4. The summed E-state index contributed by atoms with van der Waals surface area (Å²) in [6.45, 7) is 2.00. The summed E-state index contributed by atoms with van der Waals surface area (Å²) in [5, 5.41) is 1.11. The van der Waals surface area contributed by atoms with Gasteiger partial charge in [0, 0.05) is 49.9 Å². The smallest absolute Gasteiger partial charge is 0.255 e. The first-order valence-corrected chi connectivity index (χ1v) is 8.49. The zero-order valence-corrected chi connectivity index (χ0v) is 14.0. The van der Waals surface area contributed by atoms with E-state index in [1.54, 1.807) is 12.4 Å². The van der Waals surface area contributed by atoms with Crippen LogP contribution in [0.3, 0.4) is 0 Å². The number of aromatic amines is 1. The molecule has 0 aromatic carbocycles. The number of fused-ring (bicyclic) bond motifs is 1. The van der Waals surface area contributed by atoms with Crippen LogP contribution < -0.4 is 5.56 Å². The lowest BCUT2D eigenvalue weighted by Crippen LogP contribution is -2.35. The van der Waals surface area contributed by atoms with Crippen molar-refractivity contribution in [1.82, 2.24) is 19.9 Å². The van der Waals surface area contributed by atoms with E-state index in [1.165, 1.54) is 0 Å². The fourth-order valence-corrected chi connectivity index (χ4v) is 3.48. The van der Waals surface area contributed by atoms with Gasteiger partial charge in [0.05, 0.1) is 21.3 Å². The summed E-state index contributed by atoms with van der Waals surface area (Å²) in [6.07, 6.45) is 6.23. The molecule has 3 heterocycles. The number of aromatic nitrogens is 3. The minimum Gasteiger partial charge on any atom is -0.310 e. The Labute approximate surface area is 143 Å². The molecule has 4 rings (SSSR count). The standard InChI is InChI=1S/C16H16Cl2N4O/c17-12-5-19-6-13(18)10(12)7-22-4-3-14-11(8-22)16(23)21-15(20-14)9-1-2-9/h5-6,9H,1-4,7-8H2,(H,20,21,23). The zero-order chi connectivity index (χ0) is 16.0. The molecule has 2 aromatic rings. The Balaban J connectivity index is 1.58. The SMILES string of the molecule is O=c1[nH]c(C2CC2)nc2c1CN(Cc1c(Cl)cncc1Cl)CC2. The molecule has 0 radical (unpaired) electrons. The molecule has 120 valence electrons. The highest BCUT2D eigenvalue weighted by Gasteiger charge is 2.29. The molecule has 1 fully saturated rings. The van der Waals surface area contributed by atoms with Gasteiger partial charge in [-0.15, -0.1) is 0 Å². The molecule has 7 heteroatoms. The third-order valence-corrected chi connectivity index (χ3v) is 5.12. The maximum atomic E-state index is 12.4. The lowest BCUT2D eigenvalue weighted by atomic mass is 10.1. The Morgan fingerprint density at radius 3 is 2.70 bits per heavy atom. The number of pyridine rings is 1. The molecule has 0 atom stereocenters. The fourth-order valence-electron chi connectivity index (χ4n) is 3.00. The van der Waals surface area contributed by atoms with Gasteiger partial charge in [-0.05, 0) is 12.8 Å². The van der Waals surface area contributed by atoms with Crippen LogP contribution in [0.15, 0.2) is 17.2 Å². The summed E-state index contributed by atoms with van der Waals surface area (Å²) in [5.74, 6) is 1.32. The van der Waals surface area contributed by atoms with Crippen LogP contribution in [0.25, 0.3) is 0 Å². The van der Waals surface area contributed by atoms with Gasteiger partial charge in [0.25, 0.3) is 5.56 Å². The van der Waals surface area contributed by atoms with Crippen molar-refractivity contribution in [3.8, 4) is 0 Å². The van der Waals surface area contributed by atoms with E-state index in [4.69, 9.17) is 23.2 Å². The van der Waals surface area contributed by atoms with Crippen molar-refractivity contribution in [2.24, 2.45) is 0 Å². The van der Waals surface area contributed by atoms with Crippen molar-refractivity contribution in [2.45, 2.75) is 38.3 Å². The minimum atomic E-state index is -0.00600. The van der Waals surface area contributed by atoms with Gasteiger partial charge in [0.15, 0.2) is 0 Å². The summed E-state index contributed by atoms with van der Waals surface area (Å²) < 4.78 is 0. The Hall–Kier alpha value is -1.43. The largest absolute Gasteiger partial charge is 0.310 e. The molecule has 0 unspecified atom stereocenters. The second kappa shape index (κ2) is 5.89. The number of hydrogen-bond donors (Lipinski definition) is 1. The zero-order valence-electron chi connectivity index (χ0n) is 12.5. The van der Waals surface area contributed by atoms with Crippen LogP contribution in [-0.4, -0.2) is 26.4 Å². The average Bonchev–Trinajstić information content (AvgIpc) is 3.36. The van der Waals surface area contributed by atoms with E-state index in [0.717, 1.165) is 48.5 Å². The summed E-state index contributed by atoms with van der Waals surface area (Å²) >= 11 is 12.4. The topological polar surface area (TPSA) is 61.9 Å². The van der Waals surface area contributed by atoms with Crippen molar-refractivity contribution in [1.29, 1.82) is 0 Å². The number of rotatable bonds is 3. The molecular weight excluding hydrogens is 335 g/mol. The van der Waals surface area contributed by atoms with E-state index in [1.807, 2.05) is 0 Å². The normalized spacial score (nSPS) is 18.0. The van der Waals surface area contributed by atoms with Crippen LogP contribution in [-0.2, 0) is 19.5 Å². The van der Waals surface area contributed by atoms with Gasteiger partial charge in [0.2, 0.25) is 0 Å². The molecule has 5 nitrogen and oxygen atoms in total. The molecule has 1 aliphatic heterocycles. The summed E-state index contributed by atoms with van der Waals surface area (Å²) in [5.41, 5.74) is 2.56. The second-order valence-corrected chi connectivity index (χ2v) is 7.01. The molecule has 2 aromatic heterocycles. The van der Waals surface area contributed by atoms with Crippen LogP contribution in [0.1, 0.15) is 41.4 Å². The van der Waals surface area contributed by atoms with Gasteiger partial charge >= 0.3 is 0 Å². The number of hydrogen-bond acceptors (Lipinski definition) is 4. The molecule has 2 aliphatic rings. The third kappa shape index (κ3) is 3.01. The number of nitrogens with one attached hydrogen (secondary N) is 1. The average molecular weight is 351 g/mol. The van der Waals surface area contributed by atoms with Gasteiger partial charge in [0.1, 0.15) is 5.82 Å². The number of nitrogens with zero attached hydrogens (tertiary/aromatic N) is 3. The van der Waals surface area contributed by atoms with Crippen molar-refractivity contribution >= 4 is 23.2 Å². The Kier molecular flexibility index (Phi) is 3.87. The molecule has 1 aliphatic carbocycles. The van der Waals surface area contributed by atoms with Crippen LogP contribution >= 0.6 is 23.2 Å². The van der Waals surface area contributed by atoms with E-state index in [2.05, 4.69) is 19.9 Å². The lowest BCUT2D eigenvalue weighted by Gasteiger charge is -2.28. The predicted molar refractivity (Wildman–Crippen MR) is 88.9 cm³/mol. The van der Waals surface area contributed by atoms with Gasteiger partial charge in [-0.1, -0.05) is 23.2 Å². The van der Waals surface area contributed by atoms with Crippen molar-refractivity contribution in [3.63, 3.8) is 0 Å². The van der Waals surface area contributed by atoms with Gasteiger partial charge in [-0.25, -0.2) is 4.98 Å². The highest BCUT2D eigenvalue weighted by atomic mass is 35.5. The van der Waals surface area contributed by atoms with E-state index in [0.29, 0.717) is 29.1 Å². The molecule has 0 amide bonds. The second-order valence-electron chi connectivity index (χ2n) is 6.19. The molecule has 1 N–H and O–H groups in total. The summed E-state index contributed by atoms with van der Waals surface area (Å²) in [6, 6.07) is 0. The van der Waals surface area contributed by atoms with Crippen LogP contribution in [0, 0.1) is 0 Å². The number of H-pyrrole nitrogens is 1. The van der Waals surface area contributed by atoms with E-state index in [-0.39, 0.29) is 5.56 Å². The molecule has 0 saturated heterocycles. The van der Waals surface area contributed by atoms with Gasteiger partial charge in [-0.3, -0.25) is 14.7 Å². The fraction of sp³-hybridized carbons (Fsp3) is 0.438. The van der Waals surface area contributed by atoms with Crippen molar-refractivity contribution in [2.75, 3.05) is 6.54 Å². The summed E-state index contributed by atoms with van der Waals surface area (Å²) in [7, 11) is 0. The van der Waals surface area contributed by atoms with E-state index < -0.39 is 0 Å².